The first-order valence-electron chi connectivity index (χ1n) is 10.9. The van der Waals surface area contributed by atoms with Crippen LogP contribution in [0.1, 0.15) is 43.7 Å². The minimum absolute atomic E-state index is 0.166. The van der Waals surface area contributed by atoms with E-state index in [4.69, 9.17) is 9.47 Å². The Kier molecular flexibility index (Phi) is 5.16. The van der Waals surface area contributed by atoms with Gasteiger partial charge in [-0.2, -0.15) is 0 Å². The highest BCUT2D eigenvalue weighted by Crippen LogP contribution is 2.38. The maximum atomic E-state index is 13.1. The van der Waals surface area contributed by atoms with Gasteiger partial charge in [-0.05, 0) is 43.4 Å². The maximum absolute atomic E-state index is 13.1. The van der Waals surface area contributed by atoms with E-state index in [-0.39, 0.29) is 11.9 Å². The van der Waals surface area contributed by atoms with Gasteiger partial charge in [0.25, 0.3) is 0 Å². The molecular weight excluding hydrogens is 354 g/mol. The summed E-state index contributed by atoms with van der Waals surface area (Å²) in [6.45, 7) is 6.88. The number of amides is 1. The van der Waals surface area contributed by atoms with E-state index in [9.17, 15) is 4.79 Å². The Morgan fingerprint density at radius 2 is 1.71 bits per heavy atom. The Bertz CT molecular complexity index is 713. The third kappa shape index (κ3) is 3.60. The normalized spacial score (nSPS) is 26.3. The predicted octanol–water partition coefficient (Wildman–Crippen LogP) is 2.29. The minimum atomic E-state index is 0.166. The van der Waals surface area contributed by atoms with Gasteiger partial charge in [0.05, 0.1) is 12.6 Å². The number of hydrogen-bond donors (Lipinski definition) is 0. The van der Waals surface area contributed by atoms with Crippen LogP contribution in [0.4, 0.5) is 0 Å². The van der Waals surface area contributed by atoms with E-state index < -0.39 is 0 Å². The second kappa shape index (κ2) is 7.91. The monoisotopic (exact) mass is 385 g/mol. The third-order valence-corrected chi connectivity index (χ3v) is 6.88. The Labute approximate surface area is 167 Å². The number of hydrogen-bond acceptors (Lipinski definition) is 5. The summed E-state index contributed by atoms with van der Waals surface area (Å²) < 4.78 is 11.4. The molecule has 5 rings (SSSR count). The predicted molar refractivity (Wildman–Crippen MR) is 107 cm³/mol. The molecule has 4 aliphatic rings. The van der Waals surface area contributed by atoms with Crippen molar-refractivity contribution in [3.8, 4) is 11.5 Å². The number of benzene rings is 1. The van der Waals surface area contributed by atoms with Crippen molar-refractivity contribution >= 4 is 5.91 Å². The zero-order chi connectivity index (χ0) is 18.9. The van der Waals surface area contributed by atoms with Crippen molar-refractivity contribution in [2.45, 2.75) is 44.2 Å². The molecule has 0 unspecified atom stereocenters. The Hall–Kier alpha value is -1.79. The standard InChI is InChI=1S/C22H31N3O3/c26-22(16-23-9-11-24(12-10-23)18-3-1-4-18)25-8-2-5-19(25)17-6-7-20-21(15-17)28-14-13-27-20/h6-7,15,18-19H,1-5,8-14,16H2/t19-/m1/s1. The van der Waals surface area contributed by atoms with Crippen LogP contribution in [0.15, 0.2) is 18.2 Å². The average molecular weight is 386 g/mol. The summed E-state index contributed by atoms with van der Waals surface area (Å²) in [7, 11) is 0. The van der Waals surface area contributed by atoms with Gasteiger partial charge in [0.2, 0.25) is 5.91 Å². The Balaban J connectivity index is 1.20. The molecule has 28 heavy (non-hydrogen) atoms. The molecule has 1 aromatic rings. The summed E-state index contributed by atoms with van der Waals surface area (Å²) in [6, 6.07) is 7.14. The lowest BCUT2D eigenvalue weighted by Gasteiger charge is -2.43. The lowest BCUT2D eigenvalue weighted by molar-refractivity contribution is -0.134. The fourth-order valence-corrected chi connectivity index (χ4v) is 5.00. The van der Waals surface area contributed by atoms with E-state index in [2.05, 4.69) is 26.8 Å². The summed E-state index contributed by atoms with van der Waals surface area (Å²) in [5.41, 5.74) is 1.17. The number of carbonyl (C=O) groups excluding carboxylic acids is 1. The molecule has 3 aliphatic heterocycles. The lowest BCUT2D eigenvalue weighted by Crippen LogP contribution is -2.54. The van der Waals surface area contributed by atoms with Crippen molar-refractivity contribution in [3.63, 3.8) is 0 Å². The van der Waals surface area contributed by atoms with Crippen molar-refractivity contribution in [1.82, 2.24) is 14.7 Å². The van der Waals surface area contributed by atoms with Crippen LogP contribution in [0, 0.1) is 0 Å². The molecule has 0 aromatic heterocycles. The molecule has 0 radical (unpaired) electrons. The topological polar surface area (TPSA) is 45.3 Å². The Morgan fingerprint density at radius 1 is 0.929 bits per heavy atom. The van der Waals surface area contributed by atoms with Crippen LogP contribution in [0.5, 0.6) is 11.5 Å². The molecular formula is C22H31N3O3. The number of rotatable bonds is 4. The van der Waals surface area contributed by atoms with Gasteiger partial charge in [-0.25, -0.2) is 0 Å². The quantitative estimate of drug-likeness (QED) is 0.796. The number of piperazine rings is 1. The van der Waals surface area contributed by atoms with Gasteiger partial charge in [0.15, 0.2) is 11.5 Å². The summed E-state index contributed by atoms with van der Waals surface area (Å²) in [5, 5.41) is 0. The van der Waals surface area contributed by atoms with Crippen molar-refractivity contribution in [1.29, 1.82) is 0 Å². The van der Waals surface area contributed by atoms with Gasteiger partial charge in [-0.3, -0.25) is 14.6 Å². The van der Waals surface area contributed by atoms with Crippen LogP contribution in [-0.4, -0.2) is 79.1 Å². The zero-order valence-electron chi connectivity index (χ0n) is 16.6. The molecule has 6 heteroatoms. The van der Waals surface area contributed by atoms with Crippen LogP contribution in [-0.2, 0) is 4.79 Å². The highest BCUT2D eigenvalue weighted by atomic mass is 16.6. The van der Waals surface area contributed by atoms with Crippen LogP contribution < -0.4 is 9.47 Å². The first kappa shape index (κ1) is 18.3. The van der Waals surface area contributed by atoms with Crippen LogP contribution in [0.2, 0.25) is 0 Å². The Morgan fingerprint density at radius 3 is 2.46 bits per heavy atom. The second-order valence-corrected chi connectivity index (χ2v) is 8.55. The molecule has 1 saturated carbocycles. The van der Waals surface area contributed by atoms with Gasteiger partial charge in [0, 0.05) is 38.8 Å². The van der Waals surface area contributed by atoms with E-state index >= 15 is 0 Å². The zero-order valence-corrected chi connectivity index (χ0v) is 16.6. The van der Waals surface area contributed by atoms with Gasteiger partial charge in [-0.15, -0.1) is 0 Å². The van der Waals surface area contributed by atoms with Crippen LogP contribution in [0.25, 0.3) is 0 Å². The van der Waals surface area contributed by atoms with Gasteiger partial charge in [-0.1, -0.05) is 12.5 Å². The molecule has 3 heterocycles. The minimum Gasteiger partial charge on any atom is -0.486 e. The molecule has 1 aromatic carbocycles. The number of fused-ring (bicyclic) bond motifs is 1. The number of ether oxygens (including phenoxy) is 2. The van der Waals surface area contributed by atoms with E-state index in [0.29, 0.717) is 19.8 Å². The highest BCUT2D eigenvalue weighted by molar-refractivity contribution is 5.79. The molecule has 0 N–H and O–H groups in total. The highest BCUT2D eigenvalue weighted by Gasteiger charge is 2.33. The molecule has 152 valence electrons. The fraction of sp³-hybridized carbons (Fsp3) is 0.682. The first-order chi connectivity index (χ1) is 13.8. The van der Waals surface area contributed by atoms with Crippen molar-refractivity contribution in [2.75, 3.05) is 52.5 Å². The number of carbonyl (C=O) groups is 1. The summed E-state index contributed by atoms with van der Waals surface area (Å²) >= 11 is 0. The van der Waals surface area contributed by atoms with Crippen molar-refractivity contribution in [2.24, 2.45) is 0 Å². The van der Waals surface area contributed by atoms with Crippen molar-refractivity contribution in [3.05, 3.63) is 23.8 Å². The van der Waals surface area contributed by atoms with E-state index in [1.54, 1.807) is 0 Å². The number of likely N-dealkylation sites (tertiary alicyclic amines) is 1. The third-order valence-electron chi connectivity index (χ3n) is 6.88. The lowest BCUT2D eigenvalue weighted by atomic mass is 9.91. The summed E-state index contributed by atoms with van der Waals surface area (Å²) in [5.74, 6) is 1.90. The van der Waals surface area contributed by atoms with Crippen LogP contribution >= 0.6 is 0 Å². The van der Waals surface area contributed by atoms with Gasteiger partial charge >= 0.3 is 0 Å². The number of nitrogens with zero attached hydrogens (tertiary/aromatic N) is 3. The van der Waals surface area contributed by atoms with E-state index in [1.165, 1.54) is 24.8 Å². The smallest absolute Gasteiger partial charge is 0.237 e. The molecule has 0 spiro atoms. The van der Waals surface area contributed by atoms with Crippen LogP contribution in [0.3, 0.4) is 0 Å². The van der Waals surface area contributed by atoms with Gasteiger partial charge in [0.1, 0.15) is 13.2 Å². The molecule has 1 amide bonds. The first-order valence-corrected chi connectivity index (χ1v) is 10.9. The molecule has 1 aliphatic carbocycles. The van der Waals surface area contributed by atoms with E-state index in [0.717, 1.165) is 63.1 Å². The van der Waals surface area contributed by atoms with Crippen molar-refractivity contribution < 1.29 is 14.3 Å². The average Bonchev–Trinajstić information content (AvgIpc) is 3.18. The SMILES string of the molecule is O=C(CN1CCN(C2CCC2)CC1)N1CCC[C@@H]1c1ccc2c(c1)OCCO2. The molecule has 0 bridgehead atoms. The molecule has 6 nitrogen and oxygen atoms in total. The molecule has 1 atom stereocenters. The summed E-state index contributed by atoms with van der Waals surface area (Å²) in [6.07, 6.45) is 6.22. The maximum Gasteiger partial charge on any atom is 0.237 e. The second-order valence-electron chi connectivity index (χ2n) is 8.55. The van der Waals surface area contributed by atoms with E-state index in [1.807, 2.05) is 6.07 Å². The molecule has 3 fully saturated rings. The molecule has 2 saturated heterocycles. The summed E-state index contributed by atoms with van der Waals surface area (Å²) in [4.78, 5) is 20.1. The van der Waals surface area contributed by atoms with Gasteiger partial charge < -0.3 is 14.4 Å². The fourth-order valence-electron chi connectivity index (χ4n) is 5.00. The largest absolute Gasteiger partial charge is 0.486 e.